The molecule has 0 radical (unpaired) electrons. The van der Waals surface area contributed by atoms with Gasteiger partial charge in [0.05, 0.1) is 12.9 Å². The van der Waals surface area contributed by atoms with Crippen molar-refractivity contribution in [2.45, 2.75) is 34.1 Å². The predicted octanol–water partition coefficient (Wildman–Crippen LogP) is 2.29. The molecule has 1 amide bonds. The van der Waals surface area contributed by atoms with Gasteiger partial charge in [0.1, 0.15) is 12.4 Å². The van der Waals surface area contributed by atoms with Crippen LogP contribution in [0.25, 0.3) is 0 Å². The van der Waals surface area contributed by atoms with Crippen molar-refractivity contribution >= 4 is 17.5 Å². The van der Waals surface area contributed by atoms with E-state index in [9.17, 15) is 4.79 Å². The zero-order chi connectivity index (χ0) is 16.7. The van der Waals surface area contributed by atoms with Gasteiger partial charge in [-0.3, -0.25) is 15.2 Å². The molecule has 0 aliphatic heterocycles. The third kappa shape index (κ3) is 5.35. The van der Waals surface area contributed by atoms with Gasteiger partial charge in [-0.05, 0) is 33.3 Å². The summed E-state index contributed by atoms with van der Waals surface area (Å²) in [6.07, 6.45) is 4.55. The van der Waals surface area contributed by atoms with Crippen LogP contribution in [0.3, 0.4) is 0 Å². The lowest BCUT2D eigenvalue weighted by Crippen LogP contribution is -2.38. The molecule has 6 nitrogen and oxygen atoms in total. The fourth-order valence-corrected chi connectivity index (χ4v) is 2.13. The van der Waals surface area contributed by atoms with Gasteiger partial charge in [-0.2, -0.15) is 5.10 Å². The van der Waals surface area contributed by atoms with Crippen molar-refractivity contribution in [3.05, 3.63) is 23.5 Å². The first-order valence-electron chi connectivity index (χ1n) is 7.48. The molecular weight excluding hydrogens is 280 g/mol. The van der Waals surface area contributed by atoms with Gasteiger partial charge in [-0.1, -0.05) is 13.0 Å². The maximum Gasteiger partial charge on any atom is 0.246 e. The lowest BCUT2D eigenvalue weighted by atomic mass is 9.95. The molecule has 122 valence electrons. The van der Waals surface area contributed by atoms with E-state index in [2.05, 4.69) is 17.3 Å². The third-order valence-electron chi connectivity index (χ3n) is 3.30. The molecule has 0 heterocycles. The Bertz CT molecular complexity index is 516. The number of ether oxygens (including phenoxy) is 1. The van der Waals surface area contributed by atoms with Gasteiger partial charge in [0.25, 0.3) is 0 Å². The molecule has 1 atom stereocenters. The minimum absolute atomic E-state index is 0.0969. The first-order valence-corrected chi connectivity index (χ1v) is 7.48. The number of amidine groups is 1. The van der Waals surface area contributed by atoms with E-state index in [1.54, 1.807) is 12.1 Å². The molecule has 0 saturated carbocycles. The first kappa shape index (κ1) is 17.9. The molecule has 0 aromatic heterocycles. The SMILES string of the molecule is CCN(CC(=O)NC(=N)C1=CCC(C)C(OC)=C1)N=C(C)C. The normalized spacial score (nSPS) is 17.0. The molecule has 0 bridgehead atoms. The fraction of sp³-hybridized carbons (Fsp3) is 0.562. The van der Waals surface area contributed by atoms with E-state index in [4.69, 9.17) is 10.1 Å². The first-order chi connectivity index (χ1) is 10.4. The Kier molecular flexibility index (Phi) is 6.82. The summed E-state index contributed by atoms with van der Waals surface area (Å²) in [7, 11) is 1.62. The van der Waals surface area contributed by atoms with Crippen LogP contribution in [0.2, 0.25) is 0 Å². The van der Waals surface area contributed by atoms with Crippen LogP contribution in [-0.4, -0.2) is 42.7 Å². The van der Waals surface area contributed by atoms with E-state index < -0.39 is 0 Å². The molecule has 0 saturated heterocycles. The monoisotopic (exact) mass is 306 g/mol. The number of methoxy groups -OCH3 is 1. The summed E-state index contributed by atoms with van der Waals surface area (Å²) in [5.74, 6) is 0.982. The molecule has 1 aliphatic rings. The second-order valence-corrected chi connectivity index (χ2v) is 5.50. The molecule has 1 rings (SSSR count). The average Bonchev–Trinajstić information content (AvgIpc) is 2.46. The van der Waals surface area contributed by atoms with Crippen molar-refractivity contribution < 1.29 is 9.53 Å². The minimum Gasteiger partial charge on any atom is -0.501 e. The lowest BCUT2D eigenvalue weighted by Gasteiger charge is -2.20. The number of allylic oxidation sites excluding steroid dienone is 2. The summed E-state index contributed by atoms with van der Waals surface area (Å²) in [4.78, 5) is 12.0. The van der Waals surface area contributed by atoms with E-state index >= 15 is 0 Å². The number of hydrogen-bond acceptors (Lipinski definition) is 5. The van der Waals surface area contributed by atoms with Crippen LogP contribution in [0, 0.1) is 11.3 Å². The summed E-state index contributed by atoms with van der Waals surface area (Å²) in [6, 6.07) is 0. The zero-order valence-electron chi connectivity index (χ0n) is 14.1. The Morgan fingerprint density at radius 3 is 2.77 bits per heavy atom. The van der Waals surface area contributed by atoms with Crippen molar-refractivity contribution in [3.63, 3.8) is 0 Å². The second kappa shape index (κ2) is 8.36. The quantitative estimate of drug-likeness (QED) is 0.449. The molecule has 2 N–H and O–H groups in total. The van der Waals surface area contributed by atoms with E-state index in [1.165, 1.54) is 0 Å². The van der Waals surface area contributed by atoms with Crippen molar-refractivity contribution in [3.8, 4) is 0 Å². The van der Waals surface area contributed by atoms with Crippen molar-refractivity contribution in [1.29, 1.82) is 5.41 Å². The molecular formula is C16H26N4O2. The van der Waals surface area contributed by atoms with E-state index in [-0.39, 0.29) is 18.3 Å². The Hall–Kier alpha value is -2.11. The molecule has 0 aromatic carbocycles. The van der Waals surface area contributed by atoms with Crippen LogP contribution in [0.1, 0.15) is 34.1 Å². The molecule has 22 heavy (non-hydrogen) atoms. The lowest BCUT2D eigenvalue weighted by molar-refractivity contribution is -0.120. The van der Waals surface area contributed by atoms with Crippen LogP contribution in [-0.2, 0) is 9.53 Å². The summed E-state index contributed by atoms with van der Waals surface area (Å²) in [5.41, 5.74) is 1.57. The molecule has 1 unspecified atom stereocenters. The Morgan fingerprint density at radius 1 is 1.55 bits per heavy atom. The summed E-state index contributed by atoms with van der Waals surface area (Å²) in [5, 5.41) is 16.6. The number of nitrogens with one attached hydrogen (secondary N) is 2. The minimum atomic E-state index is -0.247. The second-order valence-electron chi connectivity index (χ2n) is 5.50. The number of carbonyl (C=O) groups is 1. The van der Waals surface area contributed by atoms with Gasteiger partial charge in [0, 0.05) is 23.7 Å². The number of carbonyl (C=O) groups excluding carboxylic acids is 1. The van der Waals surface area contributed by atoms with Crippen molar-refractivity contribution in [2.24, 2.45) is 11.0 Å². The zero-order valence-corrected chi connectivity index (χ0v) is 14.1. The highest BCUT2D eigenvalue weighted by molar-refractivity contribution is 6.08. The number of likely N-dealkylation sites (N-methyl/N-ethyl adjacent to an activating group) is 1. The van der Waals surface area contributed by atoms with Gasteiger partial charge >= 0.3 is 0 Å². The Labute approximate surface area is 132 Å². The standard InChI is InChI=1S/C16H26N4O2/c1-6-20(19-11(2)3)10-15(21)18-16(17)13-8-7-12(4)14(9-13)22-5/h8-9,12H,6-7,10H2,1-5H3,(H2,17,18,21). The van der Waals surface area contributed by atoms with Crippen LogP contribution in [0.4, 0.5) is 0 Å². The van der Waals surface area contributed by atoms with Gasteiger partial charge < -0.3 is 10.1 Å². The number of rotatable bonds is 6. The van der Waals surface area contributed by atoms with Gasteiger partial charge in [0.15, 0.2) is 0 Å². The average molecular weight is 306 g/mol. The van der Waals surface area contributed by atoms with Gasteiger partial charge in [-0.15, -0.1) is 0 Å². The summed E-state index contributed by atoms with van der Waals surface area (Å²) >= 11 is 0. The molecule has 0 spiro atoms. The smallest absolute Gasteiger partial charge is 0.246 e. The Morgan fingerprint density at radius 2 is 2.23 bits per heavy atom. The molecule has 0 fully saturated rings. The van der Waals surface area contributed by atoms with Crippen LogP contribution < -0.4 is 5.32 Å². The van der Waals surface area contributed by atoms with Crippen molar-refractivity contribution in [1.82, 2.24) is 10.3 Å². The van der Waals surface area contributed by atoms with Gasteiger partial charge in [-0.25, -0.2) is 0 Å². The summed E-state index contributed by atoms with van der Waals surface area (Å²) < 4.78 is 5.30. The van der Waals surface area contributed by atoms with E-state index in [0.29, 0.717) is 18.0 Å². The molecule has 0 aromatic rings. The molecule has 1 aliphatic carbocycles. The van der Waals surface area contributed by atoms with Crippen LogP contribution in [0.15, 0.2) is 28.6 Å². The van der Waals surface area contributed by atoms with Crippen LogP contribution >= 0.6 is 0 Å². The Balaban J connectivity index is 2.63. The number of hydrogen-bond donors (Lipinski definition) is 2. The topological polar surface area (TPSA) is 77.8 Å². The predicted molar refractivity (Wildman–Crippen MR) is 88.9 cm³/mol. The number of hydrazone groups is 1. The van der Waals surface area contributed by atoms with Crippen LogP contribution in [0.5, 0.6) is 0 Å². The molecule has 6 heteroatoms. The maximum atomic E-state index is 12.0. The third-order valence-corrected chi connectivity index (χ3v) is 3.30. The number of nitrogens with zero attached hydrogens (tertiary/aromatic N) is 2. The summed E-state index contributed by atoms with van der Waals surface area (Å²) in [6.45, 7) is 8.54. The highest BCUT2D eigenvalue weighted by atomic mass is 16.5. The van der Waals surface area contributed by atoms with E-state index in [0.717, 1.165) is 17.9 Å². The van der Waals surface area contributed by atoms with Crippen molar-refractivity contribution in [2.75, 3.05) is 20.2 Å². The highest BCUT2D eigenvalue weighted by Crippen LogP contribution is 2.23. The maximum absolute atomic E-state index is 12.0. The van der Waals surface area contributed by atoms with E-state index in [1.807, 2.05) is 32.9 Å². The fourth-order valence-electron chi connectivity index (χ4n) is 2.13. The highest BCUT2D eigenvalue weighted by Gasteiger charge is 2.18. The number of amides is 1. The van der Waals surface area contributed by atoms with Gasteiger partial charge in [0.2, 0.25) is 5.91 Å². The largest absolute Gasteiger partial charge is 0.501 e.